The van der Waals surface area contributed by atoms with Gasteiger partial charge >= 0.3 is 0 Å². The summed E-state index contributed by atoms with van der Waals surface area (Å²) in [6.07, 6.45) is -0.440. The Morgan fingerprint density at radius 2 is 1.90 bits per heavy atom. The quantitative estimate of drug-likeness (QED) is 0.841. The van der Waals surface area contributed by atoms with Gasteiger partial charge in [-0.3, -0.25) is 4.79 Å². The number of fused-ring (bicyclic) bond motifs is 1. The molecule has 0 N–H and O–H groups in total. The van der Waals surface area contributed by atoms with Crippen molar-refractivity contribution in [3.63, 3.8) is 0 Å². The van der Waals surface area contributed by atoms with Gasteiger partial charge in [0.25, 0.3) is 5.91 Å². The van der Waals surface area contributed by atoms with E-state index in [4.69, 9.17) is 4.74 Å². The third kappa shape index (κ3) is 2.51. The van der Waals surface area contributed by atoms with Crippen LogP contribution in [0.15, 0.2) is 42.5 Å². The summed E-state index contributed by atoms with van der Waals surface area (Å²) >= 11 is 0. The minimum absolute atomic E-state index is 0.00889. The Balaban J connectivity index is 2.01. The smallest absolute Gasteiger partial charge is 0.268 e. The van der Waals surface area contributed by atoms with Gasteiger partial charge in [0.2, 0.25) is 0 Å². The van der Waals surface area contributed by atoms with Crippen molar-refractivity contribution in [3.8, 4) is 5.75 Å². The van der Waals surface area contributed by atoms with E-state index in [1.54, 1.807) is 6.92 Å². The molecule has 0 saturated heterocycles. The number of ether oxygens (including phenoxy) is 1. The van der Waals surface area contributed by atoms with E-state index in [-0.39, 0.29) is 5.91 Å². The second-order valence-corrected chi connectivity index (χ2v) is 5.58. The summed E-state index contributed by atoms with van der Waals surface area (Å²) in [6.45, 7) is 6.53. The molecule has 1 aliphatic rings. The monoisotopic (exact) mass is 281 g/mol. The number of amides is 1. The number of hydrogen-bond donors (Lipinski definition) is 0. The van der Waals surface area contributed by atoms with Crippen molar-refractivity contribution < 1.29 is 9.53 Å². The molecule has 0 aromatic heterocycles. The molecule has 1 atom stereocenters. The molecular weight excluding hydrogens is 262 g/mol. The number of para-hydroxylation sites is 2. The van der Waals surface area contributed by atoms with E-state index in [9.17, 15) is 4.79 Å². The van der Waals surface area contributed by atoms with Gasteiger partial charge in [0.05, 0.1) is 12.2 Å². The van der Waals surface area contributed by atoms with E-state index in [0.29, 0.717) is 6.54 Å². The first-order chi connectivity index (χ1) is 10.1. The van der Waals surface area contributed by atoms with Crippen LogP contribution in [0.1, 0.15) is 23.6 Å². The zero-order chi connectivity index (χ0) is 15.0. The average molecular weight is 281 g/mol. The fourth-order valence-corrected chi connectivity index (χ4v) is 2.66. The van der Waals surface area contributed by atoms with Gasteiger partial charge in [-0.15, -0.1) is 0 Å². The molecule has 3 nitrogen and oxygen atoms in total. The number of carbonyl (C=O) groups excluding carboxylic acids is 1. The van der Waals surface area contributed by atoms with E-state index in [1.165, 1.54) is 16.7 Å². The average Bonchev–Trinajstić information content (AvgIpc) is 2.47. The summed E-state index contributed by atoms with van der Waals surface area (Å²) in [5, 5.41) is 0. The summed E-state index contributed by atoms with van der Waals surface area (Å²) in [4.78, 5) is 14.3. The van der Waals surface area contributed by atoms with E-state index in [2.05, 4.69) is 32.0 Å². The molecule has 0 radical (unpaired) electrons. The number of aryl methyl sites for hydroxylation is 2. The lowest BCUT2D eigenvalue weighted by atomic mass is 10.0. The third-order valence-electron chi connectivity index (χ3n) is 3.91. The summed E-state index contributed by atoms with van der Waals surface area (Å²) in [5.41, 5.74) is 4.43. The molecule has 3 heteroatoms. The second kappa shape index (κ2) is 5.24. The SMILES string of the molecule is Cc1ccc(C)c(CN2C(=O)C(C)Oc3ccccc32)c1. The van der Waals surface area contributed by atoms with Gasteiger partial charge in [0, 0.05) is 0 Å². The Bertz CT molecular complexity index is 693. The number of hydrogen-bond acceptors (Lipinski definition) is 2. The van der Waals surface area contributed by atoms with E-state index < -0.39 is 6.10 Å². The maximum Gasteiger partial charge on any atom is 0.268 e. The topological polar surface area (TPSA) is 29.5 Å². The molecule has 1 amide bonds. The van der Waals surface area contributed by atoms with Crippen molar-refractivity contribution in [2.75, 3.05) is 4.90 Å². The highest BCUT2D eigenvalue weighted by molar-refractivity contribution is 5.99. The molecule has 21 heavy (non-hydrogen) atoms. The fraction of sp³-hybridized carbons (Fsp3) is 0.278. The Morgan fingerprint density at radius 3 is 2.71 bits per heavy atom. The lowest BCUT2D eigenvalue weighted by molar-refractivity contribution is -0.125. The van der Waals surface area contributed by atoms with Crippen LogP contribution in [-0.2, 0) is 11.3 Å². The summed E-state index contributed by atoms with van der Waals surface area (Å²) in [7, 11) is 0. The predicted molar refractivity (Wildman–Crippen MR) is 83.6 cm³/mol. The van der Waals surface area contributed by atoms with Crippen LogP contribution in [-0.4, -0.2) is 12.0 Å². The Morgan fingerprint density at radius 1 is 1.14 bits per heavy atom. The molecule has 2 aromatic rings. The van der Waals surface area contributed by atoms with Crippen molar-refractivity contribution in [2.45, 2.75) is 33.4 Å². The van der Waals surface area contributed by atoms with Crippen LogP contribution in [0.3, 0.4) is 0 Å². The highest BCUT2D eigenvalue weighted by atomic mass is 16.5. The highest BCUT2D eigenvalue weighted by Crippen LogP contribution is 2.34. The number of nitrogens with zero attached hydrogens (tertiary/aromatic N) is 1. The first-order valence-electron chi connectivity index (χ1n) is 7.19. The van der Waals surface area contributed by atoms with Crippen molar-refractivity contribution in [2.24, 2.45) is 0 Å². The minimum Gasteiger partial charge on any atom is -0.479 e. The van der Waals surface area contributed by atoms with Crippen molar-refractivity contribution in [1.29, 1.82) is 0 Å². The van der Waals surface area contributed by atoms with Crippen molar-refractivity contribution in [1.82, 2.24) is 0 Å². The molecular formula is C18H19NO2. The van der Waals surface area contributed by atoms with Gasteiger partial charge in [-0.25, -0.2) is 0 Å². The van der Waals surface area contributed by atoms with E-state index in [1.807, 2.05) is 29.2 Å². The van der Waals surface area contributed by atoms with Gasteiger partial charge < -0.3 is 9.64 Å². The first kappa shape index (κ1) is 13.7. The Hall–Kier alpha value is -2.29. The number of rotatable bonds is 2. The lowest BCUT2D eigenvalue weighted by Crippen LogP contribution is -2.44. The van der Waals surface area contributed by atoms with Crippen LogP contribution in [0.5, 0.6) is 5.75 Å². The maximum absolute atomic E-state index is 12.5. The zero-order valence-electron chi connectivity index (χ0n) is 12.6. The normalized spacial score (nSPS) is 17.4. The second-order valence-electron chi connectivity index (χ2n) is 5.58. The maximum atomic E-state index is 12.5. The molecule has 0 spiro atoms. The molecule has 3 rings (SSSR count). The molecule has 1 unspecified atom stereocenters. The predicted octanol–water partition coefficient (Wildman–Crippen LogP) is 3.62. The minimum atomic E-state index is -0.440. The van der Waals surface area contributed by atoms with Crippen LogP contribution in [0.25, 0.3) is 0 Å². The van der Waals surface area contributed by atoms with Gasteiger partial charge in [0.1, 0.15) is 5.75 Å². The number of anilines is 1. The van der Waals surface area contributed by atoms with Gasteiger partial charge in [-0.05, 0) is 44.0 Å². The largest absolute Gasteiger partial charge is 0.479 e. The van der Waals surface area contributed by atoms with Crippen molar-refractivity contribution >= 4 is 11.6 Å². The lowest BCUT2D eigenvalue weighted by Gasteiger charge is -2.33. The van der Waals surface area contributed by atoms with Crippen molar-refractivity contribution in [3.05, 3.63) is 59.2 Å². The molecule has 0 bridgehead atoms. The zero-order valence-corrected chi connectivity index (χ0v) is 12.6. The summed E-state index contributed by atoms with van der Waals surface area (Å²) < 4.78 is 5.67. The van der Waals surface area contributed by atoms with Crippen LogP contribution >= 0.6 is 0 Å². The van der Waals surface area contributed by atoms with Crippen LogP contribution < -0.4 is 9.64 Å². The molecule has 1 heterocycles. The van der Waals surface area contributed by atoms with Crippen LogP contribution in [0.4, 0.5) is 5.69 Å². The van der Waals surface area contributed by atoms with Gasteiger partial charge in [-0.1, -0.05) is 35.9 Å². The Kier molecular flexibility index (Phi) is 3.42. The molecule has 2 aromatic carbocycles. The Labute approximate surface area is 125 Å². The van der Waals surface area contributed by atoms with Gasteiger partial charge in [-0.2, -0.15) is 0 Å². The number of carbonyl (C=O) groups is 1. The van der Waals surface area contributed by atoms with E-state index >= 15 is 0 Å². The molecule has 108 valence electrons. The molecule has 1 aliphatic heterocycles. The van der Waals surface area contributed by atoms with Gasteiger partial charge in [0.15, 0.2) is 6.10 Å². The van der Waals surface area contributed by atoms with E-state index in [0.717, 1.165) is 11.4 Å². The fourth-order valence-electron chi connectivity index (χ4n) is 2.66. The van der Waals surface area contributed by atoms with Crippen LogP contribution in [0.2, 0.25) is 0 Å². The number of benzene rings is 2. The first-order valence-corrected chi connectivity index (χ1v) is 7.19. The highest BCUT2D eigenvalue weighted by Gasteiger charge is 2.31. The van der Waals surface area contributed by atoms with Crippen LogP contribution in [0, 0.1) is 13.8 Å². The summed E-state index contributed by atoms with van der Waals surface area (Å²) in [5.74, 6) is 0.782. The molecule has 0 fully saturated rings. The third-order valence-corrected chi connectivity index (χ3v) is 3.91. The molecule has 0 saturated carbocycles. The molecule has 0 aliphatic carbocycles. The standard InChI is InChI=1S/C18H19NO2/c1-12-8-9-13(2)15(10-12)11-19-16-6-4-5-7-17(16)21-14(3)18(19)20/h4-10,14H,11H2,1-3H3. The summed E-state index contributed by atoms with van der Waals surface area (Å²) in [6, 6.07) is 14.0.